The molecule has 0 aromatic heterocycles. The first-order valence-corrected chi connectivity index (χ1v) is 9.63. The van der Waals surface area contributed by atoms with Gasteiger partial charge in [0.15, 0.2) is 11.5 Å². The molecule has 146 valence electrons. The Bertz CT molecular complexity index is 871. The monoisotopic (exact) mass is 379 g/mol. The standard InChI is InChI=1S/C23H25NO4/c1-2-3-15-24-21(17-10-12-18(25)13-11-17)20(22(27)23(24)28)19(26)14-9-16-7-5-4-6-8-16/h4-8,10-13,21,25,27H,2-3,9,14-15H2,1H3. The maximum atomic E-state index is 13.0. The van der Waals surface area contributed by atoms with Gasteiger partial charge < -0.3 is 15.1 Å². The fourth-order valence-corrected chi connectivity index (χ4v) is 3.54. The number of aliphatic hydroxyl groups is 1. The molecule has 1 atom stereocenters. The molecule has 1 aliphatic heterocycles. The molecule has 3 rings (SSSR count). The number of phenols is 1. The molecule has 1 unspecified atom stereocenters. The lowest BCUT2D eigenvalue weighted by Crippen LogP contribution is -2.32. The number of hydrogen-bond donors (Lipinski definition) is 2. The van der Waals surface area contributed by atoms with Crippen molar-refractivity contribution in [3.8, 4) is 5.75 Å². The fourth-order valence-electron chi connectivity index (χ4n) is 3.54. The summed E-state index contributed by atoms with van der Waals surface area (Å²) >= 11 is 0. The molecule has 2 aromatic rings. The predicted molar refractivity (Wildman–Crippen MR) is 107 cm³/mol. The van der Waals surface area contributed by atoms with Crippen LogP contribution in [0.1, 0.15) is 43.4 Å². The molecule has 5 heteroatoms. The SMILES string of the molecule is CCCCN1C(=O)C(O)=C(C(=O)CCc2ccccc2)C1c1ccc(O)cc1. The average molecular weight is 379 g/mol. The Balaban J connectivity index is 1.89. The van der Waals surface area contributed by atoms with Gasteiger partial charge in [0.2, 0.25) is 0 Å². The highest BCUT2D eigenvalue weighted by atomic mass is 16.3. The summed E-state index contributed by atoms with van der Waals surface area (Å²) in [6.07, 6.45) is 2.43. The maximum Gasteiger partial charge on any atom is 0.290 e. The summed E-state index contributed by atoms with van der Waals surface area (Å²) in [6.45, 7) is 2.48. The summed E-state index contributed by atoms with van der Waals surface area (Å²) in [5.41, 5.74) is 1.89. The number of Topliss-reactive ketones (excluding diaryl/α,β-unsaturated/α-hetero) is 1. The van der Waals surface area contributed by atoms with Gasteiger partial charge in [-0.25, -0.2) is 0 Å². The minimum Gasteiger partial charge on any atom is -0.508 e. The van der Waals surface area contributed by atoms with Crippen molar-refractivity contribution in [2.45, 2.75) is 38.6 Å². The van der Waals surface area contributed by atoms with Crippen LogP contribution in [0.3, 0.4) is 0 Å². The van der Waals surface area contributed by atoms with Gasteiger partial charge in [-0.3, -0.25) is 9.59 Å². The minimum absolute atomic E-state index is 0.110. The van der Waals surface area contributed by atoms with Crippen LogP contribution in [0.2, 0.25) is 0 Å². The number of amides is 1. The van der Waals surface area contributed by atoms with Crippen LogP contribution in [0.15, 0.2) is 65.9 Å². The van der Waals surface area contributed by atoms with Crippen LogP contribution >= 0.6 is 0 Å². The largest absolute Gasteiger partial charge is 0.508 e. The van der Waals surface area contributed by atoms with E-state index in [2.05, 4.69) is 0 Å². The Kier molecular flexibility index (Phi) is 6.14. The zero-order valence-corrected chi connectivity index (χ0v) is 16.0. The number of hydrogen-bond acceptors (Lipinski definition) is 4. The van der Waals surface area contributed by atoms with Gasteiger partial charge in [-0.1, -0.05) is 55.8 Å². The highest BCUT2D eigenvalue weighted by Crippen LogP contribution is 2.39. The first-order valence-electron chi connectivity index (χ1n) is 9.63. The van der Waals surface area contributed by atoms with Gasteiger partial charge in [0.25, 0.3) is 5.91 Å². The second-order valence-corrected chi connectivity index (χ2v) is 7.02. The third-order valence-corrected chi connectivity index (χ3v) is 5.05. The number of unbranched alkanes of at least 4 members (excludes halogenated alkanes) is 1. The molecule has 28 heavy (non-hydrogen) atoms. The number of aryl methyl sites for hydroxylation is 1. The molecule has 0 saturated carbocycles. The maximum absolute atomic E-state index is 13.0. The van der Waals surface area contributed by atoms with E-state index >= 15 is 0 Å². The van der Waals surface area contributed by atoms with Crippen LogP contribution in [-0.2, 0) is 16.0 Å². The number of ketones is 1. The van der Waals surface area contributed by atoms with Gasteiger partial charge >= 0.3 is 0 Å². The van der Waals surface area contributed by atoms with Crippen molar-refractivity contribution in [3.05, 3.63) is 77.1 Å². The zero-order chi connectivity index (χ0) is 20.1. The Morgan fingerprint density at radius 2 is 1.71 bits per heavy atom. The third kappa shape index (κ3) is 4.09. The van der Waals surface area contributed by atoms with E-state index in [1.165, 1.54) is 12.1 Å². The van der Waals surface area contributed by atoms with Crippen LogP contribution in [-0.4, -0.2) is 33.3 Å². The Morgan fingerprint density at radius 1 is 1.04 bits per heavy atom. The summed E-state index contributed by atoms with van der Waals surface area (Å²) in [6, 6.07) is 15.5. The fraction of sp³-hybridized carbons (Fsp3) is 0.304. The summed E-state index contributed by atoms with van der Waals surface area (Å²) in [4.78, 5) is 27.2. The van der Waals surface area contributed by atoms with E-state index in [0.29, 0.717) is 18.5 Å². The number of phenolic OH excluding ortho intramolecular Hbond substituents is 1. The topological polar surface area (TPSA) is 77.8 Å². The van der Waals surface area contributed by atoms with Gasteiger partial charge in [-0.2, -0.15) is 0 Å². The zero-order valence-electron chi connectivity index (χ0n) is 16.0. The van der Waals surface area contributed by atoms with Crippen LogP contribution in [0, 0.1) is 0 Å². The number of benzene rings is 2. The van der Waals surface area contributed by atoms with E-state index in [1.807, 2.05) is 37.3 Å². The van der Waals surface area contributed by atoms with Crippen molar-refractivity contribution < 1.29 is 19.8 Å². The lowest BCUT2D eigenvalue weighted by atomic mass is 9.93. The van der Waals surface area contributed by atoms with E-state index in [9.17, 15) is 19.8 Å². The van der Waals surface area contributed by atoms with Crippen LogP contribution in [0.5, 0.6) is 5.75 Å². The lowest BCUT2D eigenvalue weighted by Gasteiger charge is -2.26. The van der Waals surface area contributed by atoms with Crippen LogP contribution < -0.4 is 0 Å². The smallest absolute Gasteiger partial charge is 0.290 e. The van der Waals surface area contributed by atoms with Gasteiger partial charge in [0.1, 0.15) is 5.75 Å². The van der Waals surface area contributed by atoms with E-state index in [4.69, 9.17) is 0 Å². The molecule has 0 aliphatic carbocycles. The second-order valence-electron chi connectivity index (χ2n) is 7.02. The summed E-state index contributed by atoms with van der Waals surface area (Å²) in [7, 11) is 0. The summed E-state index contributed by atoms with van der Waals surface area (Å²) < 4.78 is 0. The minimum atomic E-state index is -0.622. The van der Waals surface area contributed by atoms with Gasteiger partial charge in [0.05, 0.1) is 11.6 Å². The molecule has 1 amide bonds. The molecule has 0 radical (unpaired) electrons. The molecule has 2 aromatic carbocycles. The number of nitrogens with zero attached hydrogens (tertiary/aromatic N) is 1. The molecular weight excluding hydrogens is 354 g/mol. The Morgan fingerprint density at radius 3 is 2.36 bits per heavy atom. The normalized spacial score (nSPS) is 16.7. The van der Waals surface area contributed by atoms with Crippen molar-refractivity contribution in [1.29, 1.82) is 0 Å². The number of carbonyl (C=O) groups excluding carboxylic acids is 2. The molecule has 0 bridgehead atoms. The Hall–Kier alpha value is -3.08. The molecular formula is C23H25NO4. The molecule has 2 N–H and O–H groups in total. The van der Waals surface area contributed by atoms with Gasteiger partial charge in [0, 0.05) is 13.0 Å². The highest BCUT2D eigenvalue weighted by Gasteiger charge is 2.42. The first-order chi connectivity index (χ1) is 13.5. The van der Waals surface area contributed by atoms with Gasteiger partial charge in [-0.05, 0) is 36.1 Å². The summed E-state index contributed by atoms with van der Waals surface area (Å²) in [5, 5.41) is 20.1. The van der Waals surface area contributed by atoms with Crippen molar-refractivity contribution in [2.24, 2.45) is 0 Å². The summed E-state index contributed by atoms with van der Waals surface area (Å²) in [5.74, 6) is -1.08. The average Bonchev–Trinajstić information content (AvgIpc) is 2.96. The molecule has 5 nitrogen and oxygen atoms in total. The molecule has 0 fully saturated rings. The first kappa shape index (κ1) is 19.7. The molecule has 1 aliphatic rings. The molecule has 0 spiro atoms. The van der Waals surface area contributed by atoms with Crippen molar-refractivity contribution in [2.75, 3.05) is 6.54 Å². The molecule has 1 heterocycles. The van der Waals surface area contributed by atoms with Crippen molar-refractivity contribution >= 4 is 11.7 Å². The Labute approximate surface area is 164 Å². The lowest BCUT2D eigenvalue weighted by molar-refractivity contribution is -0.129. The van der Waals surface area contributed by atoms with E-state index in [-0.39, 0.29) is 23.5 Å². The predicted octanol–water partition coefficient (Wildman–Crippen LogP) is 4.09. The van der Waals surface area contributed by atoms with Crippen molar-refractivity contribution in [1.82, 2.24) is 4.90 Å². The van der Waals surface area contributed by atoms with Crippen LogP contribution in [0.25, 0.3) is 0 Å². The second kappa shape index (κ2) is 8.74. The van der Waals surface area contributed by atoms with E-state index < -0.39 is 17.7 Å². The number of carbonyl (C=O) groups is 2. The van der Waals surface area contributed by atoms with E-state index in [1.54, 1.807) is 17.0 Å². The van der Waals surface area contributed by atoms with Gasteiger partial charge in [-0.15, -0.1) is 0 Å². The van der Waals surface area contributed by atoms with E-state index in [0.717, 1.165) is 18.4 Å². The number of aliphatic hydroxyl groups excluding tert-OH is 1. The quantitative estimate of drug-likeness (QED) is 0.724. The number of rotatable bonds is 8. The van der Waals surface area contributed by atoms with Crippen molar-refractivity contribution in [3.63, 3.8) is 0 Å². The third-order valence-electron chi connectivity index (χ3n) is 5.05. The highest BCUT2D eigenvalue weighted by molar-refractivity contribution is 6.09. The number of aromatic hydroxyl groups is 1. The van der Waals surface area contributed by atoms with Crippen LogP contribution in [0.4, 0.5) is 0 Å². The molecule has 0 saturated heterocycles.